The number of benzene rings is 1. The highest BCUT2D eigenvalue weighted by Crippen LogP contribution is 2.20. The maximum Gasteiger partial charge on any atom is 0.162 e. The smallest absolute Gasteiger partial charge is 0.162 e. The Kier molecular flexibility index (Phi) is 5.39. The Morgan fingerprint density at radius 1 is 1.11 bits per heavy atom. The van der Waals surface area contributed by atoms with Crippen molar-refractivity contribution in [1.82, 2.24) is 0 Å². The summed E-state index contributed by atoms with van der Waals surface area (Å²) in [5.41, 5.74) is 2.01. The average molecular weight is 247 g/mol. The van der Waals surface area contributed by atoms with Gasteiger partial charge >= 0.3 is 0 Å². The van der Waals surface area contributed by atoms with Crippen molar-refractivity contribution in [3.05, 3.63) is 29.8 Å². The van der Waals surface area contributed by atoms with Gasteiger partial charge in [0.15, 0.2) is 5.78 Å². The van der Waals surface area contributed by atoms with Gasteiger partial charge < -0.3 is 4.90 Å². The van der Waals surface area contributed by atoms with Gasteiger partial charge in [-0.05, 0) is 44.0 Å². The van der Waals surface area contributed by atoms with Gasteiger partial charge in [-0.15, -0.1) is 0 Å². The molecule has 1 rings (SSSR count). The first-order valence-electron chi connectivity index (χ1n) is 6.85. The van der Waals surface area contributed by atoms with E-state index in [1.807, 2.05) is 19.1 Å². The number of anilines is 1. The summed E-state index contributed by atoms with van der Waals surface area (Å²) in [7, 11) is 0. The number of nitrogens with zero attached hydrogens (tertiary/aromatic N) is 1. The maximum absolute atomic E-state index is 11.6. The standard InChI is InChI=1S/C16H25NO/c1-6-16(18)14-7-9-15(10-8-14)17(13(4)5)11-12(2)3/h7-10,12-13H,6,11H2,1-5H3. The van der Waals surface area contributed by atoms with E-state index in [0.29, 0.717) is 18.4 Å². The third-order valence-electron chi connectivity index (χ3n) is 3.03. The molecule has 0 aliphatic heterocycles. The maximum atomic E-state index is 11.6. The van der Waals surface area contributed by atoms with Gasteiger partial charge in [0.2, 0.25) is 0 Å². The Morgan fingerprint density at radius 2 is 1.67 bits per heavy atom. The van der Waals surface area contributed by atoms with E-state index in [9.17, 15) is 4.79 Å². The molecule has 0 aromatic heterocycles. The van der Waals surface area contributed by atoms with Gasteiger partial charge in [0.05, 0.1) is 0 Å². The molecule has 0 N–H and O–H groups in total. The minimum absolute atomic E-state index is 0.210. The van der Waals surface area contributed by atoms with Gasteiger partial charge in [-0.1, -0.05) is 20.8 Å². The van der Waals surface area contributed by atoms with Crippen LogP contribution in [0.2, 0.25) is 0 Å². The number of hydrogen-bond donors (Lipinski definition) is 0. The van der Waals surface area contributed by atoms with Crippen molar-refractivity contribution in [2.45, 2.75) is 47.1 Å². The highest BCUT2D eigenvalue weighted by Gasteiger charge is 2.12. The number of Topliss-reactive ketones (excluding diaryl/α,β-unsaturated/α-hetero) is 1. The topological polar surface area (TPSA) is 20.3 Å². The van der Waals surface area contributed by atoms with Crippen LogP contribution in [-0.2, 0) is 0 Å². The molecule has 18 heavy (non-hydrogen) atoms. The molecule has 0 spiro atoms. The van der Waals surface area contributed by atoms with Gasteiger partial charge in [0, 0.05) is 30.3 Å². The molecule has 100 valence electrons. The first-order valence-corrected chi connectivity index (χ1v) is 6.85. The second-order valence-corrected chi connectivity index (χ2v) is 5.46. The van der Waals surface area contributed by atoms with Crippen molar-refractivity contribution in [3.8, 4) is 0 Å². The van der Waals surface area contributed by atoms with Gasteiger partial charge in [0.25, 0.3) is 0 Å². The normalized spacial score (nSPS) is 11.1. The number of hydrogen-bond acceptors (Lipinski definition) is 2. The van der Waals surface area contributed by atoms with Crippen LogP contribution in [0.1, 0.15) is 51.4 Å². The second-order valence-electron chi connectivity index (χ2n) is 5.46. The fraction of sp³-hybridized carbons (Fsp3) is 0.562. The quantitative estimate of drug-likeness (QED) is 0.704. The molecule has 2 nitrogen and oxygen atoms in total. The van der Waals surface area contributed by atoms with Crippen LogP contribution in [0.4, 0.5) is 5.69 Å². The van der Waals surface area contributed by atoms with Crippen LogP contribution in [0.25, 0.3) is 0 Å². The van der Waals surface area contributed by atoms with Gasteiger partial charge in [-0.2, -0.15) is 0 Å². The minimum atomic E-state index is 0.210. The number of rotatable bonds is 6. The Hall–Kier alpha value is -1.31. The average Bonchev–Trinajstić information content (AvgIpc) is 2.34. The summed E-state index contributed by atoms with van der Waals surface area (Å²) in [6.45, 7) is 11.8. The Bertz CT molecular complexity index is 379. The number of ketones is 1. The zero-order valence-electron chi connectivity index (χ0n) is 12.2. The zero-order chi connectivity index (χ0) is 13.7. The Balaban J connectivity index is 2.90. The molecule has 0 bridgehead atoms. The predicted molar refractivity (Wildman–Crippen MR) is 78.4 cm³/mol. The second kappa shape index (κ2) is 6.58. The molecule has 1 aromatic carbocycles. The van der Waals surface area contributed by atoms with Crippen molar-refractivity contribution in [3.63, 3.8) is 0 Å². The molecule has 0 aliphatic carbocycles. The van der Waals surface area contributed by atoms with E-state index in [1.165, 1.54) is 5.69 Å². The lowest BCUT2D eigenvalue weighted by Crippen LogP contribution is -2.34. The van der Waals surface area contributed by atoms with Crippen LogP contribution in [0.3, 0.4) is 0 Å². The highest BCUT2D eigenvalue weighted by atomic mass is 16.1. The molecule has 0 amide bonds. The summed E-state index contributed by atoms with van der Waals surface area (Å²) >= 11 is 0. The van der Waals surface area contributed by atoms with E-state index in [-0.39, 0.29) is 5.78 Å². The van der Waals surface area contributed by atoms with Crippen LogP contribution in [-0.4, -0.2) is 18.4 Å². The molecule has 0 fully saturated rings. The first kappa shape index (κ1) is 14.7. The molecule has 2 heteroatoms. The van der Waals surface area contributed by atoms with Crippen molar-refractivity contribution < 1.29 is 4.79 Å². The van der Waals surface area contributed by atoms with E-state index in [1.54, 1.807) is 0 Å². The van der Waals surface area contributed by atoms with Crippen molar-refractivity contribution in [2.75, 3.05) is 11.4 Å². The summed E-state index contributed by atoms with van der Waals surface area (Å²) in [5, 5.41) is 0. The van der Waals surface area contributed by atoms with E-state index in [2.05, 4.69) is 44.7 Å². The molecule has 1 aromatic rings. The molecule has 0 unspecified atom stereocenters. The van der Waals surface area contributed by atoms with Crippen molar-refractivity contribution in [2.24, 2.45) is 5.92 Å². The molecule has 0 atom stereocenters. The van der Waals surface area contributed by atoms with Gasteiger partial charge in [0.1, 0.15) is 0 Å². The van der Waals surface area contributed by atoms with Crippen molar-refractivity contribution >= 4 is 11.5 Å². The summed E-state index contributed by atoms with van der Waals surface area (Å²) in [5.74, 6) is 0.839. The molecule has 0 saturated heterocycles. The third-order valence-corrected chi connectivity index (χ3v) is 3.03. The van der Waals surface area contributed by atoms with E-state index < -0.39 is 0 Å². The van der Waals surface area contributed by atoms with Crippen molar-refractivity contribution in [1.29, 1.82) is 0 Å². The fourth-order valence-electron chi connectivity index (χ4n) is 2.05. The van der Waals surface area contributed by atoms with Crippen LogP contribution in [0, 0.1) is 5.92 Å². The van der Waals surface area contributed by atoms with E-state index in [0.717, 1.165) is 12.1 Å². The van der Waals surface area contributed by atoms with Gasteiger partial charge in [-0.3, -0.25) is 4.79 Å². The summed E-state index contributed by atoms with van der Waals surface area (Å²) in [4.78, 5) is 14.0. The molecule has 0 saturated carbocycles. The SMILES string of the molecule is CCC(=O)c1ccc(N(CC(C)C)C(C)C)cc1. The molecular formula is C16H25NO. The summed E-state index contributed by atoms with van der Waals surface area (Å²) < 4.78 is 0. The van der Waals surface area contributed by atoms with Crippen LogP contribution >= 0.6 is 0 Å². The largest absolute Gasteiger partial charge is 0.369 e. The van der Waals surface area contributed by atoms with Gasteiger partial charge in [-0.25, -0.2) is 0 Å². The molecule has 0 radical (unpaired) electrons. The number of carbonyl (C=O) groups is 1. The lowest BCUT2D eigenvalue weighted by Gasteiger charge is -2.30. The number of carbonyl (C=O) groups excluding carboxylic acids is 1. The van der Waals surface area contributed by atoms with Crippen LogP contribution in [0.15, 0.2) is 24.3 Å². The predicted octanol–water partition coefficient (Wildman–Crippen LogP) is 4.15. The fourth-order valence-corrected chi connectivity index (χ4v) is 2.05. The van der Waals surface area contributed by atoms with Crippen LogP contribution in [0.5, 0.6) is 0 Å². The molecular weight excluding hydrogens is 222 g/mol. The summed E-state index contributed by atoms with van der Waals surface area (Å²) in [6.07, 6.45) is 0.569. The molecule has 0 aliphatic rings. The molecule has 0 heterocycles. The third kappa shape index (κ3) is 3.86. The lowest BCUT2D eigenvalue weighted by molar-refractivity contribution is 0.0988. The van der Waals surface area contributed by atoms with E-state index in [4.69, 9.17) is 0 Å². The van der Waals surface area contributed by atoms with Crippen LogP contribution < -0.4 is 4.90 Å². The summed E-state index contributed by atoms with van der Waals surface area (Å²) in [6, 6.07) is 8.48. The highest BCUT2D eigenvalue weighted by molar-refractivity contribution is 5.96. The Morgan fingerprint density at radius 3 is 2.06 bits per heavy atom. The monoisotopic (exact) mass is 247 g/mol. The zero-order valence-corrected chi connectivity index (χ0v) is 12.2. The minimum Gasteiger partial charge on any atom is -0.369 e. The Labute approximate surface area is 111 Å². The first-order chi connectivity index (χ1) is 8.45. The lowest BCUT2D eigenvalue weighted by atomic mass is 10.1. The van der Waals surface area contributed by atoms with E-state index >= 15 is 0 Å².